The average molecular weight is 292 g/mol. The fourth-order valence-electron chi connectivity index (χ4n) is 3.02. The van der Waals surface area contributed by atoms with Crippen molar-refractivity contribution in [2.24, 2.45) is 5.73 Å². The molecule has 0 saturated carbocycles. The second-order valence-electron chi connectivity index (χ2n) is 5.98. The molecule has 3 heteroatoms. The minimum absolute atomic E-state index is 0.204. The molecule has 2 N–H and O–H groups in total. The maximum Gasteiger partial charge on any atom is 0.0502 e. The Kier molecular flexibility index (Phi) is 5.53. The SMILES string of the molecule is CCC(N)C(c1ccc(C)cc1)N1CCSC(C)C1C. The van der Waals surface area contributed by atoms with E-state index in [2.05, 4.69) is 68.6 Å². The Balaban J connectivity index is 2.29. The van der Waals surface area contributed by atoms with Gasteiger partial charge in [0.2, 0.25) is 0 Å². The predicted molar refractivity (Wildman–Crippen MR) is 90.3 cm³/mol. The van der Waals surface area contributed by atoms with Gasteiger partial charge in [0.1, 0.15) is 0 Å². The van der Waals surface area contributed by atoms with Crippen molar-refractivity contribution in [3.05, 3.63) is 35.4 Å². The van der Waals surface area contributed by atoms with Crippen molar-refractivity contribution in [2.75, 3.05) is 12.3 Å². The molecule has 0 amide bonds. The van der Waals surface area contributed by atoms with Gasteiger partial charge in [0.05, 0.1) is 6.04 Å². The van der Waals surface area contributed by atoms with E-state index in [1.165, 1.54) is 16.9 Å². The molecule has 20 heavy (non-hydrogen) atoms. The molecule has 1 aliphatic heterocycles. The Morgan fingerprint density at radius 2 is 1.95 bits per heavy atom. The summed E-state index contributed by atoms with van der Waals surface area (Å²) in [5, 5.41) is 0.681. The lowest BCUT2D eigenvalue weighted by Gasteiger charge is -2.44. The molecule has 1 aromatic carbocycles. The molecule has 2 rings (SSSR count). The minimum Gasteiger partial charge on any atom is -0.326 e. The van der Waals surface area contributed by atoms with Crippen LogP contribution in [0.15, 0.2) is 24.3 Å². The number of nitrogens with two attached hydrogens (primary N) is 1. The summed E-state index contributed by atoms with van der Waals surface area (Å²) in [5.41, 5.74) is 9.16. The lowest BCUT2D eigenvalue weighted by Crippen LogP contribution is -2.51. The average Bonchev–Trinajstić information content (AvgIpc) is 2.45. The summed E-state index contributed by atoms with van der Waals surface area (Å²) in [5.74, 6) is 1.21. The lowest BCUT2D eigenvalue weighted by molar-refractivity contribution is 0.124. The van der Waals surface area contributed by atoms with Crippen LogP contribution in [0.1, 0.15) is 44.4 Å². The van der Waals surface area contributed by atoms with E-state index in [1.54, 1.807) is 0 Å². The van der Waals surface area contributed by atoms with E-state index in [-0.39, 0.29) is 6.04 Å². The van der Waals surface area contributed by atoms with Gasteiger partial charge in [-0.05, 0) is 25.8 Å². The van der Waals surface area contributed by atoms with E-state index in [1.807, 2.05) is 0 Å². The van der Waals surface area contributed by atoms with E-state index in [0.717, 1.165) is 13.0 Å². The highest BCUT2D eigenvalue weighted by Gasteiger charge is 2.34. The summed E-state index contributed by atoms with van der Waals surface area (Å²) in [6.07, 6.45) is 1.02. The number of rotatable bonds is 4. The van der Waals surface area contributed by atoms with Crippen LogP contribution >= 0.6 is 11.8 Å². The molecule has 1 fully saturated rings. The molecule has 0 spiro atoms. The van der Waals surface area contributed by atoms with Crippen molar-refractivity contribution in [3.63, 3.8) is 0 Å². The second kappa shape index (κ2) is 6.97. The molecule has 0 aromatic heterocycles. The van der Waals surface area contributed by atoms with Gasteiger partial charge in [-0.15, -0.1) is 0 Å². The first-order valence-electron chi connectivity index (χ1n) is 7.74. The van der Waals surface area contributed by atoms with Crippen molar-refractivity contribution < 1.29 is 0 Å². The standard InChI is InChI=1S/C17H28N2S/c1-5-16(18)17(15-8-6-12(2)7-9-15)19-10-11-20-14(4)13(19)3/h6-9,13-14,16-17H,5,10-11,18H2,1-4H3. The fraction of sp³-hybridized carbons (Fsp3) is 0.647. The van der Waals surface area contributed by atoms with Crippen LogP contribution in [0.25, 0.3) is 0 Å². The van der Waals surface area contributed by atoms with Crippen molar-refractivity contribution >= 4 is 11.8 Å². The highest BCUT2D eigenvalue weighted by Crippen LogP contribution is 2.34. The van der Waals surface area contributed by atoms with Crippen LogP contribution in [0.4, 0.5) is 0 Å². The smallest absolute Gasteiger partial charge is 0.0502 e. The van der Waals surface area contributed by atoms with Gasteiger partial charge >= 0.3 is 0 Å². The first-order chi connectivity index (χ1) is 9.54. The first kappa shape index (κ1) is 15.9. The Morgan fingerprint density at radius 3 is 2.55 bits per heavy atom. The summed E-state index contributed by atoms with van der Waals surface area (Å²) in [6, 6.07) is 10.1. The number of nitrogens with zero attached hydrogens (tertiary/aromatic N) is 1. The molecule has 112 valence electrons. The summed E-state index contributed by atoms with van der Waals surface area (Å²) < 4.78 is 0. The van der Waals surface area contributed by atoms with Gasteiger partial charge in [-0.2, -0.15) is 11.8 Å². The molecule has 2 nitrogen and oxygen atoms in total. The monoisotopic (exact) mass is 292 g/mol. The number of hydrogen-bond acceptors (Lipinski definition) is 3. The van der Waals surface area contributed by atoms with Gasteiger partial charge in [0, 0.05) is 29.6 Å². The quantitative estimate of drug-likeness (QED) is 0.919. The van der Waals surface area contributed by atoms with Gasteiger partial charge in [-0.3, -0.25) is 4.90 Å². The largest absolute Gasteiger partial charge is 0.326 e. The molecule has 4 atom stereocenters. The fourth-order valence-corrected chi connectivity index (χ4v) is 4.14. The van der Waals surface area contributed by atoms with Gasteiger partial charge in [0.25, 0.3) is 0 Å². The van der Waals surface area contributed by atoms with Crippen molar-refractivity contribution in [2.45, 2.75) is 57.5 Å². The molecule has 1 saturated heterocycles. The zero-order valence-electron chi connectivity index (χ0n) is 13.2. The van der Waals surface area contributed by atoms with Crippen LogP contribution < -0.4 is 5.73 Å². The maximum atomic E-state index is 6.48. The predicted octanol–water partition coefficient (Wildman–Crippen LogP) is 3.60. The van der Waals surface area contributed by atoms with E-state index in [0.29, 0.717) is 17.3 Å². The zero-order valence-corrected chi connectivity index (χ0v) is 14.0. The first-order valence-corrected chi connectivity index (χ1v) is 8.79. The summed E-state index contributed by atoms with van der Waals surface area (Å²) in [7, 11) is 0. The summed E-state index contributed by atoms with van der Waals surface area (Å²) in [6.45, 7) is 10.2. The number of hydrogen-bond donors (Lipinski definition) is 1. The van der Waals surface area contributed by atoms with Crippen LogP contribution in [0.3, 0.4) is 0 Å². The molecular weight excluding hydrogens is 264 g/mol. The number of aryl methyl sites for hydroxylation is 1. The Bertz CT molecular complexity index is 418. The van der Waals surface area contributed by atoms with Crippen LogP contribution in [0.5, 0.6) is 0 Å². The molecule has 1 aromatic rings. The Hall–Kier alpha value is -0.510. The third-order valence-electron chi connectivity index (χ3n) is 4.59. The molecule has 0 aliphatic carbocycles. The van der Waals surface area contributed by atoms with Crippen LogP contribution in [0, 0.1) is 6.92 Å². The second-order valence-corrected chi connectivity index (χ2v) is 7.47. The molecule has 1 heterocycles. The molecule has 4 unspecified atom stereocenters. The lowest BCUT2D eigenvalue weighted by atomic mass is 9.94. The van der Waals surface area contributed by atoms with Crippen molar-refractivity contribution in [1.82, 2.24) is 4.90 Å². The highest BCUT2D eigenvalue weighted by atomic mass is 32.2. The van der Waals surface area contributed by atoms with E-state index >= 15 is 0 Å². The van der Waals surface area contributed by atoms with Gasteiger partial charge in [-0.25, -0.2) is 0 Å². The van der Waals surface area contributed by atoms with Crippen molar-refractivity contribution in [3.8, 4) is 0 Å². The topological polar surface area (TPSA) is 29.3 Å². The zero-order chi connectivity index (χ0) is 14.7. The molecule has 1 aliphatic rings. The molecule has 0 radical (unpaired) electrons. The third kappa shape index (κ3) is 3.38. The maximum absolute atomic E-state index is 6.48. The molecular formula is C17H28N2S. The Labute approximate surface area is 128 Å². The van der Waals surface area contributed by atoms with Crippen LogP contribution in [0.2, 0.25) is 0 Å². The van der Waals surface area contributed by atoms with Crippen molar-refractivity contribution in [1.29, 1.82) is 0 Å². The summed E-state index contributed by atoms with van der Waals surface area (Å²) >= 11 is 2.08. The third-order valence-corrected chi connectivity index (χ3v) is 5.92. The van der Waals surface area contributed by atoms with Gasteiger partial charge in [0.15, 0.2) is 0 Å². The highest BCUT2D eigenvalue weighted by molar-refractivity contribution is 8.00. The number of thioether (sulfide) groups is 1. The number of benzene rings is 1. The van der Waals surface area contributed by atoms with E-state index < -0.39 is 0 Å². The van der Waals surface area contributed by atoms with Gasteiger partial charge in [-0.1, -0.05) is 43.7 Å². The minimum atomic E-state index is 0.204. The Morgan fingerprint density at radius 1 is 1.30 bits per heavy atom. The van der Waals surface area contributed by atoms with E-state index in [9.17, 15) is 0 Å². The van der Waals surface area contributed by atoms with Gasteiger partial charge < -0.3 is 5.73 Å². The normalized spacial score (nSPS) is 27.2. The van der Waals surface area contributed by atoms with Crippen LogP contribution in [-0.2, 0) is 0 Å². The summed E-state index contributed by atoms with van der Waals surface area (Å²) in [4.78, 5) is 2.62. The van der Waals surface area contributed by atoms with Crippen LogP contribution in [-0.4, -0.2) is 34.5 Å². The van der Waals surface area contributed by atoms with E-state index in [4.69, 9.17) is 5.73 Å². The molecule has 0 bridgehead atoms.